The summed E-state index contributed by atoms with van der Waals surface area (Å²) in [6.45, 7) is 0. The molecule has 1 aliphatic heterocycles. The number of nitrogens with zero attached hydrogens (tertiary/aromatic N) is 1. The summed E-state index contributed by atoms with van der Waals surface area (Å²) < 4.78 is 0. The van der Waals surface area contributed by atoms with Crippen LogP contribution in [0.25, 0.3) is 0 Å². The average Bonchev–Trinajstić information content (AvgIpc) is 2.82. The van der Waals surface area contributed by atoms with Crippen LogP contribution in [0.1, 0.15) is 51.4 Å². The Hall–Kier alpha value is -0.900. The van der Waals surface area contributed by atoms with Crippen molar-refractivity contribution in [3.63, 3.8) is 0 Å². The smallest absolute Gasteiger partial charge is 0.247 e. The Morgan fingerprint density at radius 3 is 2.29 bits per heavy atom. The van der Waals surface area contributed by atoms with E-state index in [2.05, 4.69) is 5.32 Å². The monoisotopic (exact) mass is 236 g/mol. The van der Waals surface area contributed by atoms with Crippen LogP contribution in [0.3, 0.4) is 0 Å². The molecule has 2 aliphatic carbocycles. The molecule has 3 aliphatic rings. The molecule has 3 fully saturated rings. The standard InChI is InChI=1S/C13H20N2O2/c16-12-8-11(14-9-4-3-5-9)13(17)15(12)10-6-1-2-7-10/h9-11,14H,1-8H2. The summed E-state index contributed by atoms with van der Waals surface area (Å²) in [4.78, 5) is 25.7. The largest absolute Gasteiger partial charge is 0.303 e. The van der Waals surface area contributed by atoms with Crippen LogP contribution < -0.4 is 5.32 Å². The number of imide groups is 1. The number of hydrogen-bond acceptors (Lipinski definition) is 3. The summed E-state index contributed by atoms with van der Waals surface area (Å²) in [5.41, 5.74) is 0. The van der Waals surface area contributed by atoms with E-state index in [1.165, 1.54) is 6.42 Å². The van der Waals surface area contributed by atoms with Gasteiger partial charge in [0.15, 0.2) is 0 Å². The Morgan fingerprint density at radius 1 is 1.00 bits per heavy atom. The van der Waals surface area contributed by atoms with Gasteiger partial charge in [0.05, 0.1) is 12.5 Å². The first-order chi connectivity index (χ1) is 8.25. The summed E-state index contributed by atoms with van der Waals surface area (Å²) in [5.74, 6) is 0.0764. The van der Waals surface area contributed by atoms with E-state index < -0.39 is 0 Å². The lowest BCUT2D eigenvalue weighted by atomic mass is 9.92. The van der Waals surface area contributed by atoms with Gasteiger partial charge in [-0.05, 0) is 25.7 Å². The number of amides is 2. The summed E-state index contributed by atoms with van der Waals surface area (Å²) in [6, 6.07) is 0.442. The van der Waals surface area contributed by atoms with Crippen LogP contribution in [0.4, 0.5) is 0 Å². The van der Waals surface area contributed by atoms with Crippen LogP contribution in [0.15, 0.2) is 0 Å². The third kappa shape index (κ3) is 1.99. The maximum absolute atomic E-state index is 12.2. The van der Waals surface area contributed by atoms with Crippen LogP contribution in [-0.4, -0.2) is 34.8 Å². The van der Waals surface area contributed by atoms with Gasteiger partial charge in [0, 0.05) is 12.1 Å². The first-order valence-electron chi connectivity index (χ1n) is 6.87. The molecular formula is C13H20N2O2. The Labute approximate surface area is 102 Å². The number of carbonyl (C=O) groups is 2. The highest BCUT2D eigenvalue weighted by atomic mass is 16.2. The summed E-state index contributed by atoms with van der Waals surface area (Å²) in [6.07, 6.45) is 8.26. The second kappa shape index (κ2) is 4.41. The van der Waals surface area contributed by atoms with Crippen molar-refractivity contribution in [2.45, 2.75) is 69.5 Å². The molecule has 3 rings (SSSR count). The number of rotatable bonds is 3. The fourth-order valence-electron chi connectivity index (χ4n) is 3.19. The number of likely N-dealkylation sites (tertiary alicyclic amines) is 1. The Morgan fingerprint density at radius 2 is 1.71 bits per heavy atom. The van der Waals surface area contributed by atoms with Crippen molar-refractivity contribution in [2.75, 3.05) is 0 Å². The zero-order valence-corrected chi connectivity index (χ0v) is 10.2. The van der Waals surface area contributed by atoms with E-state index in [4.69, 9.17) is 0 Å². The van der Waals surface area contributed by atoms with E-state index in [9.17, 15) is 9.59 Å². The zero-order valence-electron chi connectivity index (χ0n) is 10.2. The van der Waals surface area contributed by atoms with E-state index in [1.807, 2.05) is 0 Å². The zero-order chi connectivity index (χ0) is 11.8. The second-order valence-electron chi connectivity index (χ2n) is 5.59. The first kappa shape index (κ1) is 11.2. The lowest BCUT2D eigenvalue weighted by Crippen LogP contribution is -2.48. The summed E-state index contributed by atoms with van der Waals surface area (Å²) in [7, 11) is 0. The highest BCUT2D eigenvalue weighted by Crippen LogP contribution is 2.29. The SMILES string of the molecule is O=C1CC(NC2CCC2)C(=O)N1C1CCCC1. The molecule has 0 aromatic carbocycles. The van der Waals surface area contributed by atoms with Crippen LogP contribution in [0.2, 0.25) is 0 Å². The molecule has 1 saturated heterocycles. The molecule has 2 amide bonds. The Balaban J connectivity index is 1.65. The van der Waals surface area contributed by atoms with Gasteiger partial charge >= 0.3 is 0 Å². The molecule has 4 heteroatoms. The molecule has 1 unspecified atom stereocenters. The normalized spacial score (nSPS) is 31.3. The fourth-order valence-corrected chi connectivity index (χ4v) is 3.19. The van der Waals surface area contributed by atoms with E-state index in [0.29, 0.717) is 12.5 Å². The number of hydrogen-bond donors (Lipinski definition) is 1. The average molecular weight is 236 g/mol. The topological polar surface area (TPSA) is 49.4 Å². The number of carbonyl (C=O) groups excluding carboxylic acids is 2. The minimum Gasteiger partial charge on any atom is -0.303 e. The van der Waals surface area contributed by atoms with Gasteiger partial charge in [0.2, 0.25) is 11.8 Å². The summed E-state index contributed by atoms with van der Waals surface area (Å²) in [5, 5.41) is 3.34. The molecule has 4 nitrogen and oxygen atoms in total. The van der Waals surface area contributed by atoms with Gasteiger partial charge in [-0.3, -0.25) is 14.5 Å². The van der Waals surface area contributed by atoms with Crippen molar-refractivity contribution in [2.24, 2.45) is 0 Å². The van der Waals surface area contributed by atoms with Gasteiger partial charge in [0.25, 0.3) is 0 Å². The van der Waals surface area contributed by atoms with Crippen molar-refractivity contribution in [3.8, 4) is 0 Å². The molecule has 0 aromatic rings. The number of nitrogens with one attached hydrogen (secondary N) is 1. The predicted octanol–water partition coefficient (Wildman–Crippen LogP) is 1.20. The fraction of sp³-hybridized carbons (Fsp3) is 0.846. The van der Waals surface area contributed by atoms with Crippen molar-refractivity contribution in [1.82, 2.24) is 10.2 Å². The molecule has 17 heavy (non-hydrogen) atoms. The molecule has 0 radical (unpaired) electrons. The lowest BCUT2D eigenvalue weighted by Gasteiger charge is -2.29. The lowest BCUT2D eigenvalue weighted by molar-refractivity contribution is -0.141. The van der Waals surface area contributed by atoms with Crippen molar-refractivity contribution >= 4 is 11.8 Å². The molecule has 0 bridgehead atoms. The molecule has 1 N–H and O–H groups in total. The maximum atomic E-state index is 12.2. The Kier molecular flexibility index (Phi) is 2.90. The van der Waals surface area contributed by atoms with Gasteiger partial charge in [-0.25, -0.2) is 0 Å². The second-order valence-corrected chi connectivity index (χ2v) is 5.59. The van der Waals surface area contributed by atoms with Crippen LogP contribution in [0.5, 0.6) is 0 Å². The van der Waals surface area contributed by atoms with Gasteiger partial charge in [-0.2, -0.15) is 0 Å². The van der Waals surface area contributed by atoms with Crippen molar-refractivity contribution < 1.29 is 9.59 Å². The van der Waals surface area contributed by atoms with Crippen molar-refractivity contribution in [1.29, 1.82) is 0 Å². The minimum absolute atomic E-state index is 0.0359. The summed E-state index contributed by atoms with van der Waals surface area (Å²) >= 11 is 0. The first-order valence-corrected chi connectivity index (χ1v) is 6.87. The maximum Gasteiger partial charge on any atom is 0.247 e. The molecule has 94 valence electrons. The van der Waals surface area contributed by atoms with E-state index >= 15 is 0 Å². The van der Waals surface area contributed by atoms with Crippen LogP contribution in [0, 0.1) is 0 Å². The quantitative estimate of drug-likeness (QED) is 0.749. The van der Waals surface area contributed by atoms with E-state index in [-0.39, 0.29) is 23.9 Å². The molecular weight excluding hydrogens is 216 g/mol. The van der Waals surface area contributed by atoms with E-state index in [0.717, 1.165) is 38.5 Å². The van der Waals surface area contributed by atoms with Gasteiger partial charge < -0.3 is 5.32 Å². The third-order valence-corrected chi connectivity index (χ3v) is 4.41. The molecule has 1 heterocycles. The minimum atomic E-state index is -0.228. The highest BCUT2D eigenvalue weighted by molar-refractivity contribution is 6.05. The van der Waals surface area contributed by atoms with Crippen LogP contribution in [-0.2, 0) is 9.59 Å². The van der Waals surface area contributed by atoms with Gasteiger partial charge in [-0.1, -0.05) is 19.3 Å². The predicted molar refractivity (Wildman–Crippen MR) is 63.3 cm³/mol. The van der Waals surface area contributed by atoms with Crippen LogP contribution >= 0.6 is 0 Å². The molecule has 0 spiro atoms. The third-order valence-electron chi connectivity index (χ3n) is 4.41. The van der Waals surface area contributed by atoms with Gasteiger partial charge in [-0.15, -0.1) is 0 Å². The molecule has 1 atom stereocenters. The van der Waals surface area contributed by atoms with Gasteiger partial charge in [0.1, 0.15) is 0 Å². The highest BCUT2D eigenvalue weighted by Gasteiger charge is 2.43. The molecule has 2 saturated carbocycles. The Bertz CT molecular complexity index is 332. The molecule has 0 aromatic heterocycles. The van der Waals surface area contributed by atoms with Crippen molar-refractivity contribution in [3.05, 3.63) is 0 Å². The van der Waals surface area contributed by atoms with E-state index in [1.54, 1.807) is 4.90 Å².